The SMILES string of the molecule is CC(C)P[C@H]1CCCC1[C@@H](C)N(C)C. The highest BCUT2D eigenvalue weighted by atomic mass is 31.1. The number of nitrogens with zero attached hydrogens (tertiary/aromatic N) is 1. The van der Waals surface area contributed by atoms with Gasteiger partial charge in [-0.25, -0.2) is 0 Å². The first kappa shape index (κ1) is 12.5. The van der Waals surface area contributed by atoms with Crippen molar-refractivity contribution in [1.29, 1.82) is 0 Å². The topological polar surface area (TPSA) is 3.24 Å². The number of hydrogen-bond acceptors (Lipinski definition) is 1. The molecule has 14 heavy (non-hydrogen) atoms. The second-order valence-corrected chi connectivity index (χ2v) is 7.46. The molecule has 2 unspecified atom stereocenters. The van der Waals surface area contributed by atoms with Gasteiger partial charge in [0.25, 0.3) is 0 Å². The van der Waals surface area contributed by atoms with Crippen LogP contribution in [0.2, 0.25) is 0 Å². The molecule has 0 bridgehead atoms. The number of rotatable bonds is 4. The molecule has 0 aromatic rings. The van der Waals surface area contributed by atoms with Crippen LogP contribution in [0.3, 0.4) is 0 Å². The lowest BCUT2D eigenvalue weighted by Crippen LogP contribution is -2.35. The quantitative estimate of drug-likeness (QED) is 0.651. The molecule has 0 aliphatic heterocycles. The van der Waals surface area contributed by atoms with Gasteiger partial charge in [0.05, 0.1) is 0 Å². The average Bonchev–Trinajstić information content (AvgIpc) is 2.49. The van der Waals surface area contributed by atoms with Crippen molar-refractivity contribution < 1.29 is 0 Å². The van der Waals surface area contributed by atoms with E-state index in [0.717, 1.165) is 23.3 Å². The Morgan fingerprint density at radius 2 is 1.79 bits per heavy atom. The zero-order valence-corrected chi connectivity index (χ0v) is 11.4. The molecule has 0 spiro atoms. The molecule has 1 saturated carbocycles. The second kappa shape index (κ2) is 5.47. The monoisotopic (exact) mass is 215 g/mol. The minimum atomic E-state index is 0.772. The molecule has 0 aromatic carbocycles. The molecule has 0 radical (unpaired) electrons. The molecule has 0 N–H and O–H groups in total. The van der Waals surface area contributed by atoms with Crippen LogP contribution in [-0.2, 0) is 0 Å². The molecule has 1 fully saturated rings. The van der Waals surface area contributed by atoms with Crippen molar-refractivity contribution >= 4 is 8.58 Å². The van der Waals surface area contributed by atoms with Crippen molar-refractivity contribution in [3.05, 3.63) is 0 Å². The van der Waals surface area contributed by atoms with E-state index in [-0.39, 0.29) is 0 Å². The van der Waals surface area contributed by atoms with E-state index in [1.54, 1.807) is 0 Å². The third kappa shape index (κ3) is 3.21. The highest BCUT2D eigenvalue weighted by Gasteiger charge is 2.32. The van der Waals surface area contributed by atoms with E-state index in [1.807, 2.05) is 0 Å². The second-order valence-electron chi connectivity index (χ2n) is 5.23. The van der Waals surface area contributed by atoms with Gasteiger partial charge in [0, 0.05) is 6.04 Å². The maximum atomic E-state index is 2.40. The molecule has 0 aromatic heterocycles. The molecule has 2 heteroatoms. The normalized spacial score (nSPS) is 31.1. The Bertz CT molecular complexity index is 168. The lowest BCUT2D eigenvalue weighted by Gasteiger charge is -2.31. The molecule has 4 atom stereocenters. The summed E-state index contributed by atoms with van der Waals surface area (Å²) in [4.78, 5) is 2.40. The summed E-state index contributed by atoms with van der Waals surface area (Å²) in [7, 11) is 5.62. The molecular weight excluding hydrogens is 189 g/mol. The molecule has 0 saturated heterocycles. The highest BCUT2D eigenvalue weighted by molar-refractivity contribution is 7.39. The van der Waals surface area contributed by atoms with Gasteiger partial charge >= 0.3 is 0 Å². The minimum absolute atomic E-state index is 0.772. The molecule has 1 aliphatic rings. The largest absolute Gasteiger partial charge is 0.306 e. The van der Waals surface area contributed by atoms with Crippen molar-refractivity contribution in [2.45, 2.75) is 57.4 Å². The van der Waals surface area contributed by atoms with Crippen LogP contribution in [0.1, 0.15) is 40.0 Å². The van der Waals surface area contributed by atoms with Crippen LogP contribution in [0.15, 0.2) is 0 Å². The summed E-state index contributed by atoms with van der Waals surface area (Å²) in [6.45, 7) is 7.14. The van der Waals surface area contributed by atoms with Crippen LogP contribution in [0, 0.1) is 5.92 Å². The Balaban J connectivity index is 2.50. The lowest BCUT2D eigenvalue weighted by molar-refractivity contribution is 0.232. The lowest BCUT2D eigenvalue weighted by atomic mass is 9.99. The van der Waals surface area contributed by atoms with Crippen LogP contribution >= 0.6 is 8.58 Å². The molecule has 0 amide bonds. The van der Waals surface area contributed by atoms with Crippen LogP contribution < -0.4 is 0 Å². The minimum Gasteiger partial charge on any atom is -0.306 e. The zero-order valence-electron chi connectivity index (χ0n) is 10.4. The van der Waals surface area contributed by atoms with E-state index in [2.05, 4.69) is 39.8 Å². The number of hydrogen-bond donors (Lipinski definition) is 0. The predicted molar refractivity (Wildman–Crippen MR) is 67.7 cm³/mol. The van der Waals surface area contributed by atoms with E-state index < -0.39 is 0 Å². The van der Waals surface area contributed by atoms with Crippen molar-refractivity contribution in [3.63, 3.8) is 0 Å². The van der Waals surface area contributed by atoms with Crippen LogP contribution in [0.4, 0.5) is 0 Å². The molecule has 1 nitrogen and oxygen atoms in total. The Kier molecular flexibility index (Phi) is 4.87. The Hall–Kier alpha value is 0.390. The maximum Gasteiger partial charge on any atom is 0.00950 e. The van der Waals surface area contributed by atoms with Crippen molar-refractivity contribution in [1.82, 2.24) is 4.90 Å². The first-order valence-electron chi connectivity index (χ1n) is 5.95. The van der Waals surface area contributed by atoms with E-state index in [0.29, 0.717) is 0 Å². The summed E-state index contributed by atoms with van der Waals surface area (Å²) in [5, 5.41) is 0. The van der Waals surface area contributed by atoms with Crippen molar-refractivity contribution in [2.24, 2.45) is 5.92 Å². The highest BCUT2D eigenvalue weighted by Crippen LogP contribution is 2.43. The van der Waals surface area contributed by atoms with Gasteiger partial charge in [-0.15, -0.1) is 8.58 Å². The first-order valence-corrected chi connectivity index (χ1v) is 7.10. The van der Waals surface area contributed by atoms with Crippen LogP contribution in [0.25, 0.3) is 0 Å². The van der Waals surface area contributed by atoms with Crippen LogP contribution in [0.5, 0.6) is 0 Å². The fraction of sp³-hybridized carbons (Fsp3) is 1.00. The fourth-order valence-corrected chi connectivity index (χ4v) is 4.50. The summed E-state index contributed by atoms with van der Waals surface area (Å²) < 4.78 is 0. The van der Waals surface area contributed by atoms with Gasteiger partial charge in [0.2, 0.25) is 0 Å². The molecule has 1 rings (SSSR count). The summed E-state index contributed by atoms with van der Waals surface area (Å²) in [5.41, 5.74) is 1.92. The summed E-state index contributed by atoms with van der Waals surface area (Å²) >= 11 is 0. The van der Waals surface area contributed by atoms with E-state index in [4.69, 9.17) is 0 Å². The summed E-state index contributed by atoms with van der Waals surface area (Å²) in [5.74, 6) is 0.964. The zero-order chi connectivity index (χ0) is 10.7. The van der Waals surface area contributed by atoms with Gasteiger partial charge in [-0.05, 0) is 51.1 Å². The molecule has 84 valence electrons. The van der Waals surface area contributed by atoms with Crippen LogP contribution in [-0.4, -0.2) is 36.4 Å². The van der Waals surface area contributed by atoms with Gasteiger partial charge in [-0.2, -0.15) is 0 Å². The van der Waals surface area contributed by atoms with Gasteiger partial charge in [-0.3, -0.25) is 0 Å². The van der Waals surface area contributed by atoms with Gasteiger partial charge in [0.1, 0.15) is 0 Å². The summed E-state index contributed by atoms with van der Waals surface area (Å²) in [6.07, 6.45) is 4.41. The standard InChI is InChI=1S/C12H26NP/c1-9(2)14-12-8-6-7-11(12)10(3)13(4)5/h9-12,14H,6-8H2,1-5H3/t10-,11?,12+/m1/s1. The van der Waals surface area contributed by atoms with Gasteiger partial charge in [0.15, 0.2) is 0 Å². The first-order chi connectivity index (χ1) is 6.52. The summed E-state index contributed by atoms with van der Waals surface area (Å²) in [6, 6.07) is 0.772. The fourth-order valence-electron chi connectivity index (χ4n) is 2.58. The van der Waals surface area contributed by atoms with E-state index in [9.17, 15) is 0 Å². The van der Waals surface area contributed by atoms with Crippen molar-refractivity contribution in [3.8, 4) is 0 Å². The molecule has 1 aliphatic carbocycles. The van der Waals surface area contributed by atoms with Gasteiger partial charge < -0.3 is 4.90 Å². The smallest absolute Gasteiger partial charge is 0.00950 e. The van der Waals surface area contributed by atoms with E-state index in [1.165, 1.54) is 27.8 Å². The van der Waals surface area contributed by atoms with Crippen molar-refractivity contribution in [2.75, 3.05) is 14.1 Å². The van der Waals surface area contributed by atoms with E-state index >= 15 is 0 Å². The third-order valence-electron chi connectivity index (χ3n) is 3.55. The average molecular weight is 215 g/mol. The van der Waals surface area contributed by atoms with Gasteiger partial charge in [-0.1, -0.05) is 20.3 Å². The Morgan fingerprint density at radius 3 is 2.29 bits per heavy atom. The maximum absolute atomic E-state index is 2.40. The third-order valence-corrected chi connectivity index (χ3v) is 5.36. The Morgan fingerprint density at radius 1 is 1.14 bits per heavy atom. The molecular formula is C12H26NP. The predicted octanol–water partition coefficient (Wildman–Crippen LogP) is 3.19. The molecule has 0 heterocycles. The Labute approximate surface area is 91.4 Å².